The van der Waals surface area contributed by atoms with Crippen molar-refractivity contribution in [2.24, 2.45) is 5.92 Å². The summed E-state index contributed by atoms with van der Waals surface area (Å²) in [6.07, 6.45) is 1.65. The second-order valence-electron chi connectivity index (χ2n) is 7.21. The molecule has 6 heteroatoms. The first-order chi connectivity index (χ1) is 13.5. The first-order valence-electron chi connectivity index (χ1n) is 9.83. The van der Waals surface area contributed by atoms with Crippen LogP contribution >= 0.6 is 11.3 Å². The molecule has 1 fully saturated rings. The number of thiophene rings is 1. The van der Waals surface area contributed by atoms with Crippen LogP contribution in [-0.4, -0.2) is 36.5 Å². The molecule has 1 aromatic carbocycles. The van der Waals surface area contributed by atoms with Crippen molar-refractivity contribution in [3.63, 3.8) is 0 Å². The molecule has 0 radical (unpaired) electrons. The number of piperidine rings is 1. The third kappa shape index (κ3) is 4.80. The number of amides is 1. The number of nitrogens with zero attached hydrogens (tertiary/aromatic N) is 1. The van der Waals surface area contributed by atoms with E-state index < -0.39 is 0 Å². The summed E-state index contributed by atoms with van der Waals surface area (Å²) in [4.78, 5) is 28.1. The average Bonchev–Trinajstić information content (AvgIpc) is 2.97. The van der Waals surface area contributed by atoms with Crippen LogP contribution in [0.4, 0.5) is 5.00 Å². The van der Waals surface area contributed by atoms with E-state index in [2.05, 4.69) is 24.1 Å². The molecule has 1 saturated heterocycles. The van der Waals surface area contributed by atoms with Crippen molar-refractivity contribution >= 4 is 28.2 Å². The van der Waals surface area contributed by atoms with E-state index in [0.29, 0.717) is 12.2 Å². The summed E-state index contributed by atoms with van der Waals surface area (Å²) in [6, 6.07) is 9.29. The van der Waals surface area contributed by atoms with E-state index in [4.69, 9.17) is 4.74 Å². The van der Waals surface area contributed by atoms with Gasteiger partial charge in [-0.25, -0.2) is 0 Å². The quantitative estimate of drug-likeness (QED) is 0.731. The summed E-state index contributed by atoms with van der Waals surface area (Å²) < 4.78 is 5.16. The van der Waals surface area contributed by atoms with E-state index in [9.17, 15) is 9.59 Å². The SMILES string of the molecule is CCOC(=O)C1CCN(Cc2c(NC(=O)c3ccccc3)sc(C)c2C)CC1. The molecule has 28 heavy (non-hydrogen) atoms. The lowest BCUT2D eigenvalue weighted by atomic mass is 9.96. The number of carbonyl (C=O) groups is 2. The van der Waals surface area contributed by atoms with Gasteiger partial charge in [0.25, 0.3) is 5.91 Å². The molecule has 0 bridgehead atoms. The Morgan fingerprint density at radius 2 is 1.86 bits per heavy atom. The van der Waals surface area contributed by atoms with Crippen molar-refractivity contribution in [3.05, 3.63) is 51.9 Å². The van der Waals surface area contributed by atoms with Gasteiger partial charge in [-0.05, 0) is 64.4 Å². The van der Waals surface area contributed by atoms with E-state index in [-0.39, 0.29) is 17.8 Å². The monoisotopic (exact) mass is 400 g/mol. The highest BCUT2D eigenvalue weighted by molar-refractivity contribution is 7.16. The molecule has 1 aliphatic rings. The van der Waals surface area contributed by atoms with Gasteiger partial charge in [0.05, 0.1) is 12.5 Å². The lowest BCUT2D eigenvalue weighted by Crippen LogP contribution is -2.36. The number of carbonyl (C=O) groups excluding carboxylic acids is 2. The van der Waals surface area contributed by atoms with Gasteiger partial charge in [-0.1, -0.05) is 18.2 Å². The maximum atomic E-state index is 12.6. The standard InChI is InChI=1S/C22H28N2O3S/c1-4-27-22(26)18-10-12-24(13-11-18)14-19-15(2)16(3)28-21(19)23-20(25)17-8-6-5-7-9-17/h5-9,18H,4,10-14H2,1-3H3,(H,23,25). The molecule has 0 atom stereocenters. The molecule has 1 N–H and O–H groups in total. The Kier molecular flexibility index (Phi) is 6.86. The molecular weight excluding hydrogens is 372 g/mol. The molecule has 2 aromatic rings. The van der Waals surface area contributed by atoms with Crippen LogP contribution in [0.5, 0.6) is 0 Å². The van der Waals surface area contributed by atoms with Crippen LogP contribution in [-0.2, 0) is 16.1 Å². The Morgan fingerprint density at radius 1 is 1.18 bits per heavy atom. The van der Waals surface area contributed by atoms with Crippen molar-refractivity contribution in [2.75, 3.05) is 25.0 Å². The first-order valence-corrected chi connectivity index (χ1v) is 10.7. The second-order valence-corrected chi connectivity index (χ2v) is 8.44. The largest absolute Gasteiger partial charge is 0.466 e. The van der Waals surface area contributed by atoms with Crippen LogP contribution in [0.3, 0.4) is 0 Å². The summed E-state index contributed by atoms with van der Waals surface area (Å²) in [5.74, 6) is -0.136. The topological polar surface area (TPSA) is 58.6 Å². The highest BCUT2D eigenvalue weighted by Crippen LogP contribution is 2.34. The minimum atomic E-state index is -0.0795. The smallest absolute Gasteiger partial charge is 0.309 e. The van der Waals surface area contributed by atoms with Gasteiger partial charge in [0.2, 0.25) is 0 Å². The maximum absolute atomic E-state index is 12.6. The van der Waals surface area contributed by atoms with Crippen molar-refractivity contribution in [2.45, 2.75) is 40.2 Å². The van der Waals surface area contributed by atoms with Crippen LogP contribution < -0.4 is 5.32 Å². The number of ether oxygens (including phenoxy) is 1. The Bertz CT molecular complexity index is 824. The molecule has 0 aliphatic carbocycles. The number of benzene rings is 1. The van der Waals surface area contributed by atoms with Crippen LogP contribution in [0, 0.1) is 19.8 Å². The Labute approximate surface area is 170 Å². The van der Waals surface area contributed by atoms with Gasteiger partial charge in [-0.15, -0.1) is 11.3 Å². The number of hydrogen-bond donors (Lipinski definition) is 1. The highest BCUT2D eigenvalue weighted by Gasteiger charge is 2.27. The third-order valence-electron chi connectivity index (χ3n) is 5.36. The van der Waals surface area contributed by atoms with Crippen LogP contribution in [0.25, 0.3) is 0 Å². The van der Waals surface area contributed by atoms with Crippen molar-refractivity contribution < 1.29 is 14.3 Å². The molecule has 0 saturated carbocycles. The van der Waals surface area contributed by atoms with E-state index in [1.165, 1.54) is 16.0 Å². The maximum Gasteiger partial charge on any atom is 0.309 e. The molecule has 3 rings (SSSR count). The number of nitrogens with one attached hydrogen (secondary N) is 1. The van der Waals surface area contributed by atoms with Crippen molar-refractivity contribution in [3.8, 4) is 0 Å². The van der Waals surface area contributed by atoms with Crippen molar-refractivity contribution in [1.82, 2.24) is 4.90 Å². The summed E-state index contributed by atoms with van der Waals surface area (Å²) in [5.41, 5.74) is 3.08. The number of hydrogen-bond acceptors (Lipinski definition) is 5. The summed E-state index contributed by atoms with van der Waals surface area (Å²) in [7, 11) is 0. The van der Waals surface area contributed by atoms with Gasteiger partial charge < -0.3 is 10.1 Å². The molecule has 1 aliphatic heterocycles. The third-order valence-corrected chi connectivity index (χ3v) is 6.53. The lowest BCUT2D eigenvalue weighted by Gasteiger charge is -2.31. The number of aryl methyl sites for hydroxylation is 1. The Hall–Kier alpha value is -2.18. The van der Waals surface area contributed by atoms with Gasteiger partial charge >= 0.3 is 5.97 Å². The average molecular weight is 401 g/mol. The van der Waals surface area contributed by atoms with Crippen LogP contribution in [0.2, 0.25) is 0 Å². The van der Waals surface area contributed by atoms with E-state index in [1.54, 1.807) is 11.3 Å². The molecule has 2 heterocycles. The molecule has 1 amide bonds. The van der Waals surface area contributed by atoms with Gasteiger partial charge in [0, 0.05) is 22.5 Å². The van der Waals surface area contributed by atoms with Gasteiger partial charge in [-0.2, -0.15) is 0 Å². The van der Waals surface area contributed by atoms with Crippen molar-refractivity contribution in [1.29, 1.82) is 0 Å². The zero-order valence-electron chi connectivity index (χ0n) is 16.8. The van der Waals surface area contributed by atoms with Gasteiger partial charge in [0.15, 0.2) is 0 Å². The minimum Gasteiger partial charge on any atom is -0.466 e. The van der Waals surface area contributed by atoms with Crippen LogP contribution in [0.1, 0.15) is 46.1 Å². The van der Waals surface area contributed by atoms with Gasteiger partial charge in [0.1, 0.15) is 5.00 Å². The number of likely N-dealkylation sites (tertiary alicyclic amines) is 1. The van der Waals surface area contributed by atoms with E-state index in [1.807, 2.05) is 37.3 Å². The fourth-order valence-electron chi connectivity index (χ4n) is 3.54. The fourth-order valence-corrected chi connectivity index (χ4v) is 4.61. The fraction of sp³-hybridized carbons (Fsp3) is 0.455. The highest BCUT2D eigenvalue weighted by atomic mass is 32.1. The zero-order chi connectivity index (χ0) is 20.1. The predicted molar refractivity (Wildman–Crippen MR) is 113 cm³/mol. The van der Waals surface area contributed by atoms with E-state index >= 15 is 0 Å². The first kappa shape index (κ1) is 20.6. The molecule has 1 aromatic heterocycles. The predicted octanol–water partition coefficient (Wildman–Crippen LogP) is 4.39. The zero-order valence-corrected chi connectivity index (χ0v) is 17.6. The molecular formula is C22H28N2O3S. The molecule has 0 spiro atoms. The lowest BCUT2D eigenvalue weighted by molar-refractivity contribution is -0.149. The Balaban J connectivity index is 1.66. The second kappa shape index (κ2) is 9.34. The summed E-state index contributed by atoms with van der Waals surface area (Å²) >= 11 is 1.63. The van der Waals surface area contributed by atoms with E-state index in [0.717, 1.165) is 37.5 Å². The van der Waals surface area contributed by atoms with Crippen LogP contribution in [0.15, 0.2) is 30.3 Å². The number of esters is 1. The van der Waals surface area contributed by atoms with Gasteiger partial charge in [-0.3, -0.25) is 14.5 Å². The molecule has 0 unspecified atom stereocenters. The minimum absolute atomic E-state index is 0.0127. The summed E-state index contributed by atoms with van der Waals surface area (Å²) in [5, 5.41) is 4.03. The number of anilines is 1. The molecule has 5 nitrogen and oxygen atoms in total. The number of rotatable bonds is 6. The molecule has 150 valence electrons. The normalized spacial score (nSPS) is 15.4. The Morgan fingerprint density at radius 3 is 2.50 bits per heavy atom. The summed E-state index contributed by atoms with van der Waals surface area (Å²) in [6.45, 7) is 9.01.